The van der Waals surface area contributed by atoms with E-state index >= 15 is 0 Å². The second kappa shape index (κ2) is 9.72. The Balaban J connectivity index is 1.35. The number of ether oxygens (including phenoxy) is 2. The number of benzene rings is 2. The van der Waals surface area contributed by atoms with Gasteiger partial charge in [0.05, 0.1) is 11.3 Å². The van der Waals surface area contributed by atoms with Crippen molar-refractivity contribution in [2.45, 2.75) is 45.2 Å². The highest BCUT2D eigenvalue weighted by molar-refractivity contribution is 6.40. The van der Waals surface area contributed by atoms with Crippen molar-refractivity contribution >= 4 is 23.4 Å². The van der Waals surface area contributed by atoms with Crippen LogP contribution in [0.15, 0.2) is 42.5 Å². The molecule has 3 amide bonds. The Bertz CT molecular complexity index is 1010. The van der Waals surface area contributed by atoms with E-state index in [4.69, 9.17) is 9.47 Å². The minimum atomic E-state index is -0.778. The van der Waals surface area contributed by atoms with Gasteiger partial charge >= 0.3 is 11.8 Å². The number of rotatable bonds is 5. The first-order valence-electron chi connectivity index (χ1n) is 10.9. The standard InChI is InChI=1S/C24H27N3O5/c1-15-6-9-17(10-7-15)26-23(29)24(30)27-19-5-3-2-4-18(19)22(28)25-13-16-8-11-20-21(12-16)32-14-31-20/h2-5,8,11-12,15,17H,6-7,9-10,13-14H2,1H3,(H,25,28)(H,26,29)(H,27,30). The second-order valence-electron chi connectivity index (χ2n) is 8.30. The predicted octanol–water partition coefficient (Wildman–Crippen LogP) is 2.98. The van der Waals surface area contributed by atoms with E-state index < -0.39 is 11.8 Å². The Labute approximate surface area is 186 Å². The molecule has 0 aromatic heterocycles. The number of carbonyl (C=O) groups excluding carboxylic acids is 3. The molecule has 1 heterocycles. The van der Waals surface area contributed by atoms with Gasteiger partial charge in [-0.25, -0.2) is 0 Å². The van der Waals surface area contributed by atoms with Crippen LogP contribution in [0, 0.1) is 5.92 Å². The number of para-hydroxylation sites is 1. The molecular weight excluding hydrogens is 410 g/mol. The SMILES string of the molecule is CC1CCC(NC(=O)C(=O)Nc2ccccc2C(=O)NCc2ccc3c(c2)OCO3)CC1. The third-order valence-corrected chi connectivity index (χ3v) is 5.87. The highest BCUT2D eigenvalue weighted by Gasteiger charge is 2.24. The van der Waals surface area contributed by atoms with Gasteiger partial charge < -0.3 is 25.4 Å². The number of hydrogen-bond acceptors (Lipinski definition) is 5. The van der Waals surface area contributed by atoms with Crippen LogP contribution in [0.1, 0.15) is 48.5 Å². The maximum absolute atomic E-state index is 12.8. The molecule has 0 radical (unpaired) electrons. The number of amides is 3. The van der Waals surface area contributed by atoms with E-state index in [1.807, 2.05) is 12.1 Å². The first kappa shape index (κ1) is 21.7. The molecule has 0 bridgehead atoms. The summed E-state index contributed by atoms with van der Waals surface area (Å²) in [5.41, 5.74) is 1.42. The van der Waals surface area contributed by atoms with E-state index in [2.05, 4.69) is 22.9 Å². The Morgan fingerprint density at radius 3 is 2.50 bits per heavy atom. The van der Waals surface area contributed by atoms with E-state index in [0.717, 1.165) is 31.2 Å². The van der Waals surface area contributed by atoms with E-state index in [1.54, 1.807) is 30.3 Å². The summed E-state index contributed by atoms with van der Waals surface area (Å²) >= 11 is 0. The fourth-order valence-electron chi connectivity index (χ4n) is 3.95. The van der Waals surface area contributed by atoms with E-state index in [0.29, 0.717) is 17.4 Å². The summed E-state index contributed by atoms with van der Waals surface area (Å²) in [5.74, 6) is 0.150. The summed E-state index contributed by atoms with van der Waals surface area (Å²) < 4.78 is 10.6. The van der Waals surface area contributed by atoms with Crippen molar-refractivity contribution in [1.82, 2.24) is 10.6 Å². The van der Waals surface area contributed by atoms with Gasteiger partial charge in [-0.1, -0.05) is 25.1 Å². The number of fused-ring (bicyclic) bond motifs is 1. The molecule has 1 aliphatic carbocycles. The lowest BCUT2D eigenvalue weighted by molar-refractivity contribution is -0.136. The lowest BCUT2D eigenvalue weighted by Gasteiger charge is -2.26. The monoisotopic (exact) mass is 437 g/mol. The van der Waals surface area contributed by atoms with Crippen molar-refractivity contribution < 1.29 is 23.9 Å². The quantitative estimate of drug-likeness (QED) is 0.624. The first-order valence-corrected chi connectivity index (χ1v) is 10.9. The van der Waals surface area contributed by atoms with Gasteiger partial charge in [-0.2, -0.15) is 0 Å². The van der Waals surface area contributed by atoms with Crippen LogP contribution in [-0.4, -0.2) is 30.6 Å². The van der Waals surface area contributed by atoms with Gasteiger partial charge in [0.25, 0.3) is 5.91 Å². The molecule has 168 valence electrons. The molecule has 0 unspecified atom stereocenters. The Morgan fingerprint density at radius 2 is 1.69 bits per heavy atom. The summed E-state index contributed by atoms with van der Waals surface area (Å²) in [7, 11) is 0. The molecule has 32 heavy (non-hydrogen) atoms. The van der Waals surface area contributed by atoms with E-state index in [9.17, 15) is 14.4 Å². The Kier molecular flexibility index (Phi) is 6.58. The first-order chi connectivity index (χ1) is 15.5. The molecule has 0 atom stereocenters. The largest absolute Gasteiger partial charge is 0.454 e. The fraction of sp³-hybridized carbons (Fsp3) is 0.375. The zero-order chi connectivity index (χ0) is 22.5. The van der Waals surface area contributed by atoms with E-state index in [1.165, 1.54) is 0 Å². The van der Waals surface area contributed by atoms with Crippen molar-refractivity contribution in [1.29, 1.82) is 0 Å². The molecule has 8 nitrogen and oxygen atoms in total. The molecule has 4 rings (SSSR count). The van der Waals surface area contributed by atoms with Crippen LogP contribution in [-0.2, 0) is 16.1 Å². The highest BCUT2D eigenvalue weighted by Crippen LogP contribution is 2.32. The predicted molar refractivity (Wildman–Crippen MR) is 118 cm³/mol. The zero-order valence-corrected chi connectivity index (χ0v) is 18.0. The zero-order valence-electron chi connectivity index (χ0n) is 18.0. The Morgan fingerprint density at radius 1 is 0.938 bits per heavy atom. The minimum Gasteiger partial charge on any atom is -0.454 e. The van der Waals surface area contributed by atoms with Crippen LogP contribution in [0.3, 0.4) is 0 Å². The summed E-state index contributed by atoms with van der Waals surface area (Å²) in [5, 5.41) is 8.21. The molecule has 1 fully saturated rings. The lowest BCUT2D eigenvalue weighted by atomic mass is 9.87. The van der Waals surface area contributed by atoms with Crippen LogP contribution in [0.2, 0.25) is 0 Å². The van der Waals surface area contributed by atoms with Crippen LogP contribution in [0.25, 0.3) is 0 Å². The summed E-state index contributed by atoms with van der Waals surface area (Å²) in [6.07, 6.45) is 3.83. The topological polar surface area (TPSA) is 106 Å². The number of carbonyl (C=O) groups is 3. The van der Waals surface area contributed by atoms with Gasteiger partial charge in [0, 0.05) is 12.6 Å². The average molecular weight is 437 g/mol. The highest BCUT2D eigenvalue weighted by atomic mass is 16.7. The van der Waals surface area contributed by atoms with Crippen LogP contribution < -0.4 is 25.4 Å². The van der Waals surface area contributed by atoms with Gasteiger partial charge in [0.2, 0.25) is 6.79 Å². The third-order valence-electron chi connectivity index (χ3n) is 5.87. The molecule has 0 saturated heterocycles. The third kappa shape index (κ3) is 5.19. The van der Waals surface area contributed by atoms with Crippen molar-refractivity contribution in [3.05, 3.63) is 53.6 Å². The van der Waals surface area contributed by atoms with Crippen molar-refractivity contribution in [3.63, 3.8) is 0 Å². The molecule has 1 saturated carbocycles. The molecule has 8 heteroatoms. The summed E-state index contributed by atoms with van der Waals surface area (Å²) in [4.78, 5) is 37.5. The summed E-state index contributed by atoms with van der Waals surface area (Å²) in [6.45, 7) is 2.66. The van der Waals surface area contributed by atoms with Crippen LogP contribution in [0.5, 0.6) is 11.5 Å². The molecule has 2 aliphatic rings. The van der Waals surface area contributed by atoms with Gasteiger partial charge in [-0.3, -0.25) is 14.4 Å². The van der Waals surface area contributed by atoms with Gasteiger partial charge in [0.15, 0.2) is 11.5 Å². The molecule has 2 aromatic rings. The second-order valence-corrected chi connectivity index (χ2v) is 8.30. The molecule has 3 N–H and O–H groups in total. The molecule has 1 aliphatic heterocycles. The van der Waals surface area contributed by atoms with Crippen LogP contribution in [0.4, 0.5) is 5.69 Å². The van der Waals surface area contributed by atoms with E-state index in [-0.39, 0.29) is 36.5 Å². The van der Waals surface area contributed by atoms with Crippen molar-refractivity contribution in [2.75, 3.05) is 12.1 Å². The number of anilines is 1. The maximum Gasteiger partial charge on any atom is 0.313 e. The summed E-state index contributed by atoms with van der Waals surface area (Å²) in [6, 6.07) is 12.1. The van der Waals surface area contributed by atoms with Crippen LogP contribution >= 0.6 is 0 Å². The Hall–Kier alpha value is -3.55. The van der Waals surface area contributed by atoms with Crippen molar-refractivity contribution in [2.24, 2.45) is 5.92 Å². The fourth-order valence-corrected chi connectivity index (χ4v) is 3.95. The molecule has 2 aromatic carbocycles. The lowest BCUT2D eigenvalue weighted by Crippen LogP contribution is -2.43. The number of hydrogen-bond donors (Lipinski definition) is 3. The van der Waals surface area contributed by atoms with Crippen molar-refractivity contribution in [3.8, 4) is 11.5 Å². The normalized spacial score (nSPS) is 19.2. The molecule has 0 spiro atoms. The molecular formula is C24H27N3O5. The number of nitrogens with one attached hydrogen (secondary N) is 3. The average Bonchev–Trinajstić information content (AvgIpc) is 3.27. The van der Waals surface area contributed by atoms with Gasteiger partial charge in [-0.15, -0.1) is 0 Å². The maximum atomic E-state index is 12.8. The smallest absolute Gasteiger partial charge is 0.313 e. The van der Waals surface area contributed by atoms with Gasteiger partial charge in [0.1, 0.15) is 0 Å². The minimum absolute atomic E-state index is 0.0182. The van der Waals surface area contributed by atoms with Gasteiger partial charge in [-0.05, 0) is 61.4 Å².